The maximum Gasteiger partial charge on any atom is 0.224 e. The smallest absolute Gasteiger partial charge is 0.224 e. The van der Waals surface area contributed by atoms with Gasteiger partial charge in [0, 0.05) is 24.7 Å². The van der Waals surface area contributed by atoms with E-state index in [2.05, 4.69) is 15.5 Å². The molecule has 0 saturated heterocycles. The fourth-order valence-corrected chi connectivity index (χ4v) is 2.86. The zero-order chi connectivity index (χ0) is 16.1. The van der Waals surface area contributed by atoms with E-state index in [1.54, 1.807) is 6.20 Å². The first kappa shape index (κ1) is 15.2. The average molecular weight is 309 g/mol. The maximum absolute atomic E-state index is 12.1. The zero-order valence-corrected chi connectivity index (χ0v) is 12.8. The summed E-state index contributed by atoms with van der Waals surface area (Å²) in [5.41, 5.74) is 3.77. The topological polar surface area (TPSA) is 74.8 Å². The lowest BCUT2D eigenvalue weighted by molar-refractivity contribution is -0.122. The highest BCUT2D eigenvalue weighted by Crippen LogP contribution is 2.33. The molecule has 5 nitrogen and oxygen atoms in total. The Balaban J connectivity index is 1.62. The lowest BCUT2D eigenvalue weighted by atomic mass is 10.00. The van der Waals surface area contributed by atoms with Gasteiger partial charge in [-0.25, -0.2) is 0 Å². The minimum atomic E-state index is -0.104. The number of nitrogens with one attached hydrogen (secondary N) is 2. The number of benzene rings is 1. The summed E-state index contributed by atoms with van der Waals surface area (Å²) >= 11 is 0. The molecule has 1 aliphatic rings. The fraction of sp³-hybridized carbons (Fsp3) is 0.278. The van der Waals surface area contributed by atoms with Gasteiger partial charge in [-0.1, -0.05) is 30.3 Å². The molecule has 2 aromatic rings. The lowest BCUT2D eigenvalue weighted by Gasteiger charge is -2.08. The summed E-state index contributed by atoms with van der Waals surface area (Å²) in [6, 6.07) is 9.83. The van der Waals surface area contributed by atoms with Crippen LogP contribution in [0.4, 0.5) is 0 Å². The van der Waals surface area contributed by atoms with Crippen molar-refractivity contribution in [2.24, 2.45) is 0 Å². The summed E-state index contributed by atoms with van der Waals surface area (Å²) < 4.78 is 0. The van der Waals surface area contributed by atoms with E-state index in [4.69, 9.17) is 0 Å². The monoisotopic (exact) mass is 309 g/mol. The number of carbonyl (C=O) groups is 2. The molecule has 23 heavy (non-hydrogen) atoms. The SMILES string of the molecule is O=C(CC1=C(c2ccccc2)CCC1=O)NCCc1cn[nH]c1. The van der Waals surface area contributed by atoms with Crippen molar-refractivity contribution >= 4 is 17.3 Å². The van der Waals surface area contributed by atoms with E-state index in [9.17, 15) is 9.59 Å². The molecule has 118 valence electrons. The van der Waals surface area contributed by atoms with Crippen LogP contribution in [0.3, 0.4) is 0 Å². The second kappa shape index (κ2) is 7.05. The van der Waals surface area contributed by atoms with Crippen LogP contribution >= 0.6 is 0 Å². The van der Waals surface area contributed by atoms with E-state index in [1.165, 1.54) is 0 Å². The van der Waals surface area contributed by atoms with Crippen molar-refractivity contribution in [3.05, 3.63) is 59.4 Å². The van der Waals surface area contributed by atoms with E-state index in [1.807, 2.05) is 36.5 Å². The Bertz CT molecular complexity index is 718. The van der Waals surface area contributed by atoms with Crippen LogP contribution < -0.4 is 5.32 Å². The van der Waals surface area contributed by atoms with Gasteiger partial charge >= 0.3 is 0 Å². The highest BCUT2D eigenvalue weighted by Gasteiger charge is 2.25. The Morgan fingerprint density at radius 1 is 1.22 bits per heavy atom. The van der Waals surface area contributed by atoms with Gasteiger partial charge in [0.05, 0.1) is 12.6 Å². The number of hydrogen-bond acceptors (Lipinski definition) is 3. The summed E-state index contributed by atoms with van der Waals surface area (Å²) in [6.45, 7) is 0.542. The molecule has 0 atom stereocenters. The molecule has 1 heterocycles. The number of aromatic amines is 1. The zero-order valence-electron chi connectivity index (χ0n) is 12.8. The van der Waals surface area contributed by atoms with Crippen LogP contribution in [0.15, 0.2) is 48.3 Å². The number of H-pyrrole nitrogens is 1. The van der Waals surface area contributed by atoms with E-state index < -0.39 is 0 Å². The summed E-state index contributed by atoms with van der Waals surface area (Å²) in [5.74, 6) is -0.0130. The molecule has 3 rings (SSSR count). The molecule has 0 bridgehead atoms. The molecule has 2 N–H and O–H groups in total. The summed E-state index contributed by atoms with van der Waals surface area (Å²) in [6.07, 6.45) is 5.66. The number of nitrogens with zero attached hydrogens (tertiary/aromatic N) is 1. The van der Waals surface area contributed by atoms with Crippen LogP contribution in [0.1, 0.15) is 30.4 Å². The molecule has 0 saturated carbocycles. The van der Waals surface area contributed by atoms with Gasteiger partial charge < -0.3 is 5.32 Å². The normalized spacial score (nSPS) is 14.3. The van der Waals surface area contributed by atoms with E-state index in [-0.39, 0.29) is 18.1 Å². The molecule has 0 unspecified atom stereocenters. The van der Waals surface area contributed by atoms with Gasteiger partial charge in [-0.15, -0.1) is 0 Å². The van der Waals surface area contributed by atoms with Crippen molar-refractivity contribution in [2.75, 3.05) is 6.54 Å². The number of rotatable bonds is 6. The highest BCUT2D eigenvalue weighted by atomic mass is 16.2. The van der Waals surface area contributed by atoms with Gasteiger partial charge in [0.2, 0.25) is 5.91 Å². The maximum atomic E-state index is 12.1. The molecule has 0 aliphatic heterocycles. The largest absolute Gasteiger partial charge is 0.355 e. The second-order valence-electron chi connectivity index (χ2n) is 5.63. The Hall–Kier alpha value is -2.69. The van der Waals surface area contributed by atoms with Crippen molar-refractivity contribution in [2.45, 2.75) is 25.7 Å². The first-order valence-corrected chi connectivity index (χ1v) is 7.79. The molecule has 1 aromatic heterocycles. The van der Waals surface area contributed by atoms with Gasteiger partial charge in [-0.05, 0) is 29.5 Å². The predicted octanol–water partition coefficient (Wildman–Crippen LogP) is 2.28. The van der Waals surface area contributed by atoms with E-state index in [0.717, 1.165) is 29.5 Å². The Kier molecular flexibility index (Phi) is 4.66. The predicted molar refractivity (Wildman–Crippen MR) is 87.5 cm³/mol. The first-order valence-electron chi connectivity index (χ1n) is 7.79. The number of aromatic nitrogens is 2. The standard InChI is InChI=1S/C18H19N3O2/c22-17-7-6-15(14-4-2-1-3-5-14)16(17)10-18(23)19-9-8-13-11-20-21-12-13/h1-5,11-12H,6-10H2,(H,19,23)(H,20,21). The van der Waals surface area contributed by atoms with Crippen molar-refractivity contribution in [3.8, 4) is 0 Å². The molecular formula is C18H19N3O2. The summed E-state index contributed by atoms with van der Waals surface area (Å²) in [4.78, 5) is 24.2. The van der Waals surface area contributed by atoms with Crippen molar-refractivity contribution in [1.29, 1.82) is 0 Å². The van der Waals surface area contributed by atoms with Gasteiger partial charge in [0.25, 0.3) is 0 Å². The molecule has 1 aromatic carbocycles. The quantitative estimate of drug-likeness (QED) is 0.859. The number of carbonyl (C=O) groups excluding carboxylic acids is 2. The number of ketones is 1. The number of Topliss-reactive ketones (excluding diaryl/α,β-unsaturated/α-hetero) is 1. The van der Waals surface area contributed by atoms with Crippen molar-refractivity contribution < 1.29 is 9.59 Å². The van der Waals surface area contributed by atoms with E-state index in [0.29, 0.717) is 18.5 Å². The third-order valence-corrected chi connectivity index (χ3v) is 4.05. The van der Waals surface area contributed by atoms with Crippen molar-refractivity contribution in [1.82, 2.24) is 15.5 Å². The minimum absolute atomic E-state index is 0.0915. The van der Waals surface area contributed by atoms with Crippen LogP contribution in [0.2, 0.25) is 0 Å². The summed E-state index contributed by atoms with van der Waals surface area (Å²) in [7, 11) is 0. The van der Waals surface area contributed by atoms with Crippen molar-refractivity contribution in [3.63, 3.8) is 0 Å². The molecule has 0 radical (unpaired) electrons. The Labute approximate surface area is 134 Å². The van der Waals surface area contributed by atoms with Crippen LogP contribution in [0, 0.1) is 0 Å². The third kappa shape index (κ3) is 3.74. The van der Waals surface area contributed by atoms with Gasteiger partial charge in [0.1, 0.15) is 0 Å². The Morgan fingerprint density at radius 2 is 2.04 bits per heavy atom. The lowest BCUT2D eigenvalue weighted by Crippen LogP contribution is -2.26. The molecule has 1 amide bonds. The first-order chi connectivity index (χ1) is 11.2. The fourth-order valence-electron chi connectivity index (χ4n) is 2.86. The molecule has 1 aliphatic carbocycles. The van der Waals surface area contributed by atoms with Gasteiger partial charge in [-0.3, -0.25) is 14.7 Å². The third-order valence-electron chi connectivity index (χ3n) is 4.05. The molecule has 0 fully saturated rings. The second-order valence-corrected chi connectivity index (χ2v) is 5.63. The van der Waals surface area contributed by atoms with E-state index >= 15 is 0 Å². The van der Waals surface area contributed by atoms with Crippen LogP contribution in [0.5, 0.6) is 0 Å². The van der Waals surface area contributed by atoms with Gasteiger partial charge in [-0.2, -0.15) is 5.10 Å². The molecule has 0 spiro atoms. The van der Waals surface area contributed by atoms with Crippen LogP contribution in [-0.4, -0.2) is 28.4 Å². The molecule has 5 heteroatoms. The number of amides is 1. The Morgan fingerprint density at radius 3 is 2.78 bits per heavy atom. The summed E-state index contributed by atoms with van der Waals surface area (Å²) in [5, 5.41) is 9.48. The highest BCUT2D eigenvalue weighted by molar-refractivity contribution is 6.10. The van der Waals surface area contributed by atoms with Crippen LogP contribution in [0.25, 0.3) is 5.57 Å². The minimum Gasteiger partial charge on any atom is -0.355 e. The van der Waals surface area contributed by atoms with Gasteiger partial charge in [0.15, 0.2) is 5.78 Å². The average Bonchev–Trinajstić information content (AvgIpc) is 3.19. The number of allylic oxidation sites excluding steroid dienone is 1. The number of hydrogen-bond donors (Lipinski definition) is 2. The molecular weight excluding hydrogens is 290 g/mol. The van der Waals surface area contributed by atoms with Crippen LogP contribution in [-0.2, 0) is 16.0 Å².